The van der Waals surface area contributed by atoms with Gasteiger partial charge in [-0.2, -0.15) is 0 Å². The van der Waals surface area contributed by atoms with Crippen molar-refractivity contribution in [1.82, 2.24) is 4.98 Å². The number of carbonyl (C=O) groups excluding carboxylic acids is 1. The van der Waals surface area contributed by atoms with Gasteiger partial charge >= 0.3 is 0 Å². The summed E-state index contributed by atoms with van der Waals surface area (Å²) in [5.74, 6) is -0.706. The van der Waals surface area contributed by atoms with Crippen LogP contribution in [0.4, 0.5) is 4.39 Å². The minimum Gasteiger partial charge on any atom is -0.294 e. The molecule has 0 aliphatic carbocycles. The number of pyridine rings is 1. The Morgan fingerprint density at radius 2 is 2.25 bits per heavy atom. The van der Waals surface area contributed by atoms with Crippen LogP contribution >= 0.6 is 28.3 Å². The van der Waals surface area contributed by atoms with Crippen molar-refractivity contribution in [2.45, 2.75) is 6.92 Å². The zero-order chi connectivity index (χ0) is 8.43. The quantitative estimate of drug-likeness (QED) is 0.569. The molecular weight excluding hydrogens is 248 g/mol. The van der Waals surface area contributed by atoms with Gasteiger partial charge in [-0.3, -0.25) is 4.79 Å². The molecule has 0 radical (unpaired) electrons. The van der Waals surface area contributed by atoms with E-state index in [2.05, 4.69) is 20.9 Å². The first-order valence-corrected chi connectivity index (χ1v) is 3.72. The lowest BCUT2D eigenvalue weighted by molar-refractivity contribution is 0.101. The van der Waals surface area contributed by atoms with Crippen LogP contribution in [0.1, 0.15) is 17.3 Å². The van der Waals surface area contributed by atoms with Gasteiger partial charge in [0.15, 0.2) is 5.78 Å². The van der Waals surface area contributed by atoms with Gasteiger partial charge in [-0.25, -0.2) is 9.37 Å². The fraction of sp³-hybridized carbons (Fsp3) is 0.143. The van der Waals surface area contributed by atoms with Crippen molar-refractivity contribution in [3.63, 3.8) is 0 Å². The molecule has 0 spiro atoms. The van der Waals surface area contributed by atoms with Crippen molar-refractivity contribution in [2.75, 3.05) is 0 Å². The van der Waals surface area contributed by atoms with E-state index in [4.69, 9.17) is 0 Å². The third kappa shape index (κ3) is 2.53. The second kappa shape index (κ2) is 4.52. The molecule has 2 nitrogen and oxygen atoms in total. The first-order valence-electron chi connectivity index (χ1n) is 2.93. The molecule has 1 rings (SSSR count). The molecule has 5 heteroatoms. The van der Waals surface area contributed by atoms with Crippen LogP contribution in [0.5, 0.6) is 0 Å². The number of Topliss-reactive ketones (excluding diaryl/α,β-unsaturated/α-hetero) is 1. The van der Waals surface area contributed by atoms with Crippen LogP contribution in [0.2, 0.25) is 0 Å². The molecule has 0 amide bonds. The molecule has 0 N–H and O–H groups in total. The van der Waals surface area contributed by atoms with E-state index in [1.807, 2.05) is 0 Å². The molecule has 0 saturated carbocycles. The Morgan fingerprint density at radius 3 is 2.67 bits per heavy atom. The van der Waals surface area contributed by atoms with Crippen LogP contribution in [0.25, 0.3) is 0 Å². The minimum absolute atomic E-state index is 0. The van der Waals surface area contributed by atoms with Gasteiger partial charge in [-0.15, -0.1) is 12.4 Å². The van der Waals surface area contributed by atoms with Gasteiger partial charge in [0.05, 0.1) is 11.8 Å². The molecule has 0 saturated heterocycles. The number of hydrogen-bond acceptors (Lipinski definition) is 2. The van der Waals surface area contributed by atoms with Crippen LogP contribution in [0.15, 0.2) is 16.9 Å². The first kappa shape index (κ1) is 11.5. The summed E-state index contributed by atoms with van der Waals surface area (Å²) in [4.78, 5) is 14.4. The summed E-state index contributed by atoms with van der Waals surface area (Å²) >= 11 is 3.03. The molecule has 0 bridgehead atoms. The predicted octanol–water partition coefficient (Wildman–Crippen LogP) is 2.61. The first-order chi connectivity index (χ1) is 5.11. The number of aromatic nitrogens is 1. The molecule has 0 aliphatic heterocycles. The summed E-state index contributed by atoms with van der Waals surface area (Å²) in [6, 6.07) is 1.15. The van der Waals surface area contributed by atoms with Gasteiger partial charge < -0.3 is 0 Å². The van der Waals surface area contributed by atoms with Crippen LogP contribution in [0, 0.1) is 5.82 Å². The monoisotopic (exact) mass is 253 g/mol. The standard InChI is InChI=1S/C7H5BrFNO.ClH/c1-4(11)6-2-5(9)3-10-7(6)8;/h2-3H,1H3;1H. The van der Waals surface area contributed by atoms with E-state index >= 15 is 0 Å². The number of halogens is 3. The van der Waals surface area contributed by atoms with E-state index in [-0.39, 0.29) is 23.8 Å². The van der Waals surface area contributed by atoms with Gasteiger partial charge in [-0.05, 0) is 28.9 Å². The molecule has 0 aliphatic rings. The molecular formula is C7H6BrClFNO. The molecule has 1 heterocycles. The number of rotatable bonds is 1. The van der Waals surface area contributed by atoms with Crippen molar-refractivity contribution in [3.8, 4) is 0 Å². The van der Waals surface area contributed by atoms with Gasteiger partial charge in [0.25, 0.3) is 0 Å². The smallest absolute Gasteiger partial charge is 0.162 e. The Kier molecular flexibility index (Phi) is 4.34. The van der Waals surface area contributed by atoms with E-state index in [0.717, 1.165) is 12.3 Å². The van der Waals surface area contributed by atoms with Crippen LogP contribution in [-0.2, 0) is 0 Å². The summed E-state index contributed by atoms with van der Waals surface area (Å²) in [5.41, 5.74) is 0.269. The summed E-state index contributed by atoms with van der Waals surface area (Å²) in [6.45, 7) is 1.36. The molecule has 12 heavy (non-hydrogen) atoms. The van der Waals surface area contributed by atoms with Crippen molar-refractivity contribution >= 4 is 34.1 Å². The average Bonchev–Trinajstić information content (AvgIpc) is 1.94. The minimum atomic E-state index is -0.501. The van der Waals surface area contributed by atoms with E-state index in [1.165, 1.54) is 6.92 Å². The second-order valence-electron chi connectivity index (χ2n) is 2.05. The molecule has 0 unspecified atom stereocenters. The summed E-state index contributed by atoms with van der Waals surface area (Å²) in [6.07, 6.45) is 1.05. The van der Waals surface area contributed by atoms with Gasteiger partial charge in [0, 0.05) is 0 Å². The second-order valence-corrected chi connectivity index (χ2v) is 2.80. The number of hydrogen-bond donors (Lipinski definition) is 0. The van der Waals surface area contributed by atoms with Crippen molar-refractivity contribution in [2.24, 2.45) is 0 Å². The maximum atomic E-state index is 12.5. The van der Waals surface area contributed by atoms with Crippen LogP contribution < -0.4 is 0 Å². The molecule has 66 valence electrons. The maximum Gasteiger partial charge on any atom is 0.162 e. The summed E-state index contributed by atoms with van der Waals surface area (Å²) in [7, 11) is 0. The highest BCUT2D eigenvalue weighted by atomic mass is 79.9. The lowest BCUT2D eigenvalue weighted by Crippen LogP contribution is -1.96. The zero-order valence-electron chi connectivity index (χ0n) is 6.17. The number of carbonyl (C=O) groups is 1. The summed E-state index contributed by atoms with van der Waals surface area (Å²) < 4.78 is 12.9. The Hall–Kier alpha value is -0.480. The van der Waals surface area contributed by atoms with E-state index in [0.29, 0.717) is 4.60 Å². The number of nitrogens with zero attached hydrogens (tertiary/aromatic N) is 1. The van der Waals surface area contributed by atoms with E-state index < -0.39 is 5.82 Å². The lowest BCUT2D eigenvalue weighted by Gasteiger charge is -1.97. The van der Waals surface area contributed by atoms with Gasteiger partial charge in [0.2, 0.25) is 0 Å². The predicted molar refractivity (Wildman–Crippen MR) is 49.1 cm³/mol. The molecule has 1 aromatic heterocycles. The van der Waals surface area contributed by atoms with Gasteiger partial charge in [-0.1, -0.05) is 0 Å². The van der Waals surface area contributed by atoms with Crippen LogP contribution in [0.3, 0.4) is 0 Å². The zero-order valence-corrected chi connectivity index (χ0v) is 8.58. The molecule has 0 aromatic carbocycles. The lowest BCUT2D eigenvalue weighted by atomic mass is 10.2. The fourth-order valence-electron chi connectivity index (χ4n) is 0.669. The highest BCUT2D eigenvalue weighted by Gasteiger charge is 2.06. The average molecular weight is 254 g/mol. The van der Waals surface area contributed by atoms with Crippen molar-refractivity contribution in [3.05, 3.63) is 28.2 Å². The highest BCUT2D eigenvalue weighted by Crippen LogP contribution is 2.14. The third-order valence-electron chi connectivity index (χ3n) is 1.18. The topological polar surface area (TPSA) is 30.0 Å². The fourth-order valence-corrected chi connectivity index (χ4v) is 1.17. The van der Waals surface area contributed by atoms with Crippen molar-refractivity contribution in [1.29, 1.82) is 0 Å². The Morgan fingerprint density at radius 1 is 1.67 bits per heavy atom. The van der Waals surface area contributed by atoms with Gasteiger partial charge in [0.1, 0.15) is 10.4 Å². The van der Waals surface area contributed by atoms with E-state index in [1.54, 1.807) is 0 Å². The maximum absolute atomic E-state index is 12.5. The normalized spacial score (nSPS) is 8.92. The third-order valence-corrected chi connectivity index (χ3v) is 1.82. The Balaban J connectivity index is 0.00000121. The SMILES string of the molecule is CC(=O)c1cc(F)cnc1Br.Cl. The summed E-state index contributed by atoms with van der Waals surface area (Å²) in [5, 5.41) is 0. The van der Waals surface area contributed by atoms with E-state index in [9.17, 15) is 9.18 Å². The molecule has 0 fully saturated rings. The molecule has 0 atom stereocenters. The Labute approximate surface area is 83.7 Å². The van der Waals surface area contributed by atoms with Crippen molar-refractivity contribution < 1.29 is 9.18 Å². The van der Waals surface area contributed by atoms with Crippen LogP contribution in [-0.4, -0.2) is 10.8 Å². The molecule has 1 aromatic rings. The largest absolute Gasteiger partial charge is 0.294 e. The Bertz CT molecular complexity index is 305. The number of ketones is 1. The highest BCUT2D eigenvalue weighted by molar-refractivity contribution is 9.10.